The maximum absolute atomic E-state index is 13.6. The van der Waals surface area contributed by atoms with Crippen molar-refractivity contribution in [2.24, 2.45) is 0 Å². The van der Waals surface area contributed by atoms with E-state index in [1.807, 2.05) is 5.43 Å². The molecule has 0 unspecified atom stereocenters. The number of alkyl halides is 3. The summed E-state index contributed by atoms with van der Waals surface area (Å²) in [5.74, 6) is -3.41. The van der Waals surface area contributed by atoms with Crippen molar-refractivity contribution in [3.63, 3.8) is 0 Å². The molecule has 0 spiro atoms. The molecule has 11 heteroatoms. The standard InChI is InChI=1S/C17H16F3N5O3/c1-9-4-2-3-5-12(9)25-13(17(18,19)20)11(8-21-25)14(26)23-24-16(28)15(27)22-10-6-7-10/h2-5,8,10H,6-7H2,1H3,(H,22,27)(H,23,26)(H,24,28). The van der Waals surface area contributed by atoms with E-state index in [2.05, 4.69) is 10.4 Å². The number of hydrazine groups is 1. The Kier molecular flexibility index (Phi) is 5.08. The highest BCUT2D eigenvalue weighted by Gasteiger charge is 2.41. The molecule has 1 saturated carbocycles. The average Bonchev–Trinajstić information content (AvgIpc) is 3.32. The summed E-state index contributed by atoms with van der Waals surface area (Å²) >= 11 is 0. The van der Waals surface area contributed by atoms with Crippen LogP contribution in [0.15, 0.2) is 30.5 Å². The Labute approximate surface area is 157 Å². The van der Waals surface area contributed by atoms with Crippen LogP contribution in [0.2, 0.25) is 0 Å². The highest BCUT2D eigenvalue weighted by atomic mass is 19.4. The summed E-state index contributed by atoms with van der Waals surface area (Å²) < 4.78 is 41.4. The molecule has 0 bridgehead atoms. The Morgan fingerprint density at radius 1 is 1.11 bits per heavy atom. The zero-order valence-corrected chi connectivity index (χ0v) is 14.6. The van der Waals surface area contributed by atoms with Gasteiger partial charge in [-0.15, -0.1) is 0 Å². The number of para-hydroxylation sites is 1. The van der Waals surface area contributed by atoms with Gasteiger partial charge in [-0.05, 0) is 31.4 Å². The number of nitrogens with one attached hydrogen (secondary N) is 3. The monoisotopic (exact) mass is 395 g/mol. The van der Waals surface area contributed by atoms with E-state index in [-0.39, 0.29) is 11.7 Å². The van der Waals surface area contributed by atoms with Crippen LogP contribution in [0.5, 0.6) is 0 Å². The van der Waals surface area contributed by atoms with E-state index < -0.39 is 35.2 Å². The first-order chi connectivity index (χ1) is 13.2. The van der Waals surface area contributed by atoms with Gasteiger partial charge in [-0.1, -0.05) is 18.2 Å². The molecular formula is C17H16F3N5O3. The van der Waals surface area contributed by atoms with Crippen LogP contribution >= 0.6 is 0 Å². The number of halogens is 3. The van der Waals surface area contributed by atoms with Crippen LogP contribution < -0.4 is 16.2 Å². The number of aromatic nitrogens is 2. The summed E-state index contributed by atoms with van der Waals surface area (Å²) in [5, 5.41) is 6.07. The molecule has 3 N–H and O–H groups in total. The van der Waals surface area contributed by atoms with Crippen LogP contribution in [0.1, 0.15) is 34.5 Å². The Balaban J connectivity index is 1.81. The maximum Gasteiger partial charge on any atom is 0.434 e. The van der Waals surface area contributed by atoms with Gasteiger partial charge in [0.25, 0.3) is 5.91 Å². The molecular weight excluding hydrogens is 379 g/mol. The summed E-state index contributed by atoms with van der Waals surface area (Å²) in [4.78, 5) is 35.3. The van der Waals surface area contributed by atoms with Crippen LogP contribution in [-0.4, -0.2) is 33.5 Å². The van der Waals surface area contributed by atoms with Gasteiger partial charge in [-0.3, -0.25) is 25.2 Å². The van der Waals surface area contributed by atoms with Crippen molar-refractivity contribution in [1.82, 2.24) is 25.9 Å². The van der Waals surface area contributed by atoms with Crippen LogP contribution in [0.4, 0.5) is 13.2 Å². The van der Waals surface area contributed by atoms with E-state index >= 15 is 0 Å². The minimum Gasteiger partial charge on any atom is -0.345 e. The summed E-state index contributed by atoms with van der Waals surface area (Å²) in [5.41, 5.74) is 2.20. The van der Waals surface area contributed by atoms with Crippen molar-refractivity contribution in [3.8, 4) is 5.69 Å². The highest BCUT2D eigenvalue weighted by molar-refractivity contribution is 6.35. The van der Waals surface area contributed by atoms with Crippen molar-refractivity contribution in [2.75, 3.05) is 0 Å². The van der Waals surface area contributed by atoms with Gasteiger partial charge in [-0.25, -0.2) is 4.68 Å². The molecule has 3 amide bonds. The van der Waals surface area contributed by atoms with Crippen molar-refractivity contribution in [1.29, 1.82) is 0 Å². The molecule has 1 aromatic heterocycles. The molecule has 8 nitrogen and oxygen atoms in total. The molecule has 148 valence electrons. The fourth-order valence-corrected chi connectivity index (χ4v) is 2.49. The minimum absolute atomic E-state index is 0.0851. The van der Waals surface area contributed by atoms with Crippen LogP contribution in [0.25, 0.3) is 5.69 Å². The number of hydrogen-bond donors (Lipinski definition) is 3. The maximum atomic E-state index is 13.6. The molecule has 1 fully saturated rings. The fraction of sp³-hybridized carbons (Fsp3) is 0.294. The molecule has 1 heterocycles. The fourth-order valence-electron chi connectivity index (χ4n) is 2.49. The van der Waals surface area contributed by atoms with Gasteiger partial charge < -0.3 is 5.32 Å². The summed E-state index contributed by atoms with van der Waals surface area (Å²) in [6, 6.07) is 6.16. The summed E-state index contributed by atoms with van der Waals surface area (Å²) in [6.07, 6.45) is -2.64. The highest BCUT2D eigenvalue weighted by Crippen LogP contribution is 2.34. The van der Waals surface area contributed by atoms with Gasteiger partial charge in [0.05, 0.1) is 17.4 Å². The van der Waals surface area contributed by atoms with Gasteiger partial charge >= 0.3 is 18.0 Å². The number of rotatable bonds is 3. The molecule has 1 aliphatic rings. The van der Waals surface area contributed by atoms with Crippen molar-refractivity contribution >= 4 is 17.7 Å². The number of benzene rings is 1. The van der Waals surface area contributed by atoms with E-state index in [0.29, 0.717) is 10.2 Å². The first kappa shape index (κ1) is 19.4. The van der Waals surface area contributed by atoms with Crippen molar-refractivity contribution in [2.45, 2.75) is 32.0 Å². The van der Waals surface area contributed by atoms with Crippen molar-refractivity contribution < 1.29 is 27.6 Å². The summed E-state index contributed by atoms with van der Waals surface area (Å²) in [6.45, 7) is 1.61. The zero-order valence-electron chi connectivity index (χ0n) is 14.6. The Bertz CT molecular complexity index is 934. The quantitative estimate of drug-likeness (QED) is 0.537. The number of amides is 3. The molecule has 0 radical (unpaired) electrons. The second kappa shape index (κ2) is 7.33. The normalized spacial score (nSPS) is 13.7. The van der Waals surface area contributed by atoms with Gasteiger partial charge in [0.15, 0.2) is 5.69 Å². The topological polar surface area (TPSA) is 105 Å². The van der Waals surface area contributed by atoms with Crippen LogP contribution in [-0.2, 0) is 15.8 Å². The first-order valence-corrected chi connectivity index (χ1v) is 8.31. The molecule has 0 aliphatic heterocycles. The van der Waals surface area contributed by atoms with Crippen LogP contribution in [0.3, 0.4) is 0 Å². The lowest BCUT2D eigenvalue weighted by molar-refractivity contribution is -0.143. The van der Waals surface area contributed by atoms with Gasteiger partial charge in [-0.2, -0.15) is 18.3 Å². The second-order valence-electron chi connectivity index (χ2n) is 6.26. The SMILES string of the molecule is Cc1ccccc1-n1ncc(C(=O)NNC(=O)C(=O)NC2CC2)c1C(F)(F)F. The van der Waals surface area contributed by atoms with Crippen LogP contribution in [0, 0.1) is 6.92 Å². The number of nitrogens with zero attached hydrogens (tertiary/aromatic N) is 2. The van der Waals surface area contributed by atoms with E-state index in [9.17, 15) is 27.6 Å². The third-order valence-electron chi connectivity index (χ3n) is 4.03. The zero-order chi connectivity index (χ0) is 20.5. The Morgan fingerprint density at radius 3 is 2.39 bits per heavy atom. The van der Waals surface area contributed by atoms with Gasteiger partial charge in [0.2, 0.25) is 0 Å². The molecule has 0 saturated heterocycles. The largest absolute Gasteiger partial charge is 0.434 e. The van der Waals surface area contributed by atoms with E-state index in [1.165, 1.54) is 6.07 Å². The molecule has 0 atom stereocenters. The number of hydrogen-bond acceptors (Lipinski definition) is 4. The summed E-state index contributed by atoms with van der Waals surface area (Å²) in [7, 11) is 0. The van der Waals surface area contributed by atoms with E-state index in [0.717, 1.165) is 19.0 Å². The third kappa shape index (κ3) is 4.13. The van der Waals surface area contributed by atoms with Crippen molar-refractivity contribution in [3.05, 3.63) is 47.3 Å². The molecule has 1 aromatic carbocycles. The molecule has 28 heavy (non-hydrogen) atoms. The average molecular weight is 395 g/mol. The second-order valence-corrected chi connectivity index (χ2v) is 6.26. The van der Waals surface area contributed by atoms with E-state index in [1.54, 1.807) is 30.5 Å². The van der Waals surface area contributed by atoms with Gasteiger partial charge in [0, 0.05) is 6.04 Å². The number of aryl methyl sites for hydroxylation is 1. The smallest absolute Gasteiger partial charge is 0.345 e. The minimum atomic E-state index is -4.89. The molecule has 2 aromatic rings. The Morgan fingerprint density at radius 2 is 1.79 bits per heavy atom. The lowest BCUT2D eigenvalue weighted by Gasteiger charge is -2.14. The lowest BCUT2D eigenvalue weighted by atomic mass is 10.2. The predicted molar refractivity (Wildman–Crippen MR) is 90.1 cm³/mol. The predicted octanol–water partition coefficient (Wildman–Crippen LogP) is 1.24. The number of carbonyl (C=O) groups excluding carboxylic acids is 3. The first-order valence-electron chi connectivity index (χ1n) is 8.31. The van der Waals surface area contributed by atoms with E-state index in [4.69, 9.17) is 0 Å². The third-order valence-corrected chi connectivity index (χ3v) is 4.03. The number of carbonyl (C=O) groups is 3. The molecule has 1 aliphatic carbocycles. The molecule has 3 rings (SSSR count). The van der Waals surface area contributed by atoms with Gasteiger partial charge in [0.1, 0.15) is 0 Å². The Hall–Kier alpha value is -3.37. The lowest BCUT2D eigenvalue weighted by Crippen LogP contribution is -2.49.